The van der Waals surface area contributed by atoms with Gasteiger partial charge in [-0.25, -0.2) is 0 Å². The molecule has 2 fully saturated rings. The van der Waals surface area contributed by atoms with Gasteiger partial charge in [-0.3, -0.25) is 9.69 Å². The molecule has 0 aromatic heterocycles. The van der Waals surface area contributed by atoms with Gasteiger partial charge in [-0.05, 0) is 24.7 Å². The summed E-state index contributed by atoms with van der Waals surface area (Å²) in [6.45, 7) is 6.15. The van der Waals surface area contributed by atoms with Crippen LogP contribution in [0.1, 0.15) is 12.8 Å². The lowest BCUT2D eigenvalue weighted by Gasteiger charge is -2.27. The largest absolute Gasteiger partial charge is 0.355 e. The number of piperazine rings is 1. The van der Waals surface area contributed by atoms with Crippen LogP contribution in [-0.2, 0) is 4.79 Å². The second kappa shape index (κ2) is 5.41. The topological polar surface area (TPSA) is 44.4 Å². The van der Waals surface area contributed by atoms with E-state index in [1.54, 1.807) is 0 Å². The first kappa shape index (κ1) is 12.2. The fourth-order valence-corrected chi connectivity index (χ4v) is 3.49. The molecule has 3 rings (SSSR count). The number of amides is 1. The van der Waals surface area contributed by atoms with Gasteiger partial charge in [0.05, 0.1) is 0 Å². The van der Waals surface area contributed by atoms with Crippen molar-refractivity contribution in [3.05, 3.63) is 12.2 Å². The quantitative estimate of drug-likeness (QED) is 0.701. The van der Waals surface area contributed by atoms with Gasteiger partial charge >= 0.3 is 0 Å². The molecule has 1 amide bonds. The first-order valence-corrected chi connectivity index (χ1v) is 7.22. The Morgan fingerprint density at radius 3 is 2.78 bits per heavy atom. The van der Waals surface area contributed by atoms with E-state index in [0.29, 0.717) is 11.8 Å². The highest BCUT2D eigenvalue weighted by Crippen LogP contribution is 2.43. The van der Waals surface area contributed by atoms with Crippen LogP contribution in [-0.4, -0.2) is 50.1 Å². The minimum absolute atomic E-state index is 0.253. The maximum absolute atomic E-state index is 12.1. The van der Waals surface area contributed by atoms with Crippen molar-refractivity contribution >= 4 is 5.91 Å². The third-order valence-electron chi connectivity index (χ3n) is 4.55. The zero-order valence-corrected chi connectivity index (χ0v) is 10.9. The van der Waals surface area contributed by atoms with Crippen LogP contribution in [0.5, 0.6) is 0 Å². The molecule has 2 N–H and O–H groups in total. The molecule has 0 radical (unpaired) electrons. The number of rotatable bonds is 4. The standard InChI is InChI=1S/C14H23N3O/c18-14(13-10-11-1-2-12(13)9-11)16-5-8-17-6-3-15-4-7-17/h1-2,11-13,15H,3-10H2,(H,16,18). The van der Waals surface area contributed by atoms with Crippen molar-refractivity contribution in [2.45, 2.75) is 12.8 Å². The second-order valence-corrected chi connectivity index (χ2v) is 5.77. The van der Waals surface area contributed by atoms with E-state index in [1.807, 2.05) is 0 Å². The van der Waals surface area contributed by atoms with Crippen molar-refractivity contribution in [3.8, 4) is 0 Å². The minimum Gasteiger partial charge on any atom is -0.355 e. The lowest BCUT2D eigenvalue weighted by Crippen LogP contribution is -2.46. The van der Waals surface area contributed by atoms with Crippen molar-refractivity contribution in [3.63, 3.8) is 0 Å². The molecule has 0 aromatic rings. The van der Waals surface area contributed by atoms with Crippen molar-refractivity contribution in [1.29, 1.82) is 0 Å². The molecule has 18 heavy (non-hydrogen) atoms. The van der Waals surface area contributed by atoms with Gasteiger partial charge in [0, 0.05) is 45.2 Å². The van der Waals surface area contributed by atoms with E-state index in [0.717, 1.165) is 45.7 Å². The number of nitrogens with zero attached hydrogens (tertiary/aromatic N) is 1. The predicted molar refractivity (Wildman–Crippen MR) is 71.2 cm³/mol. The molecular weight excluding hydrogens is 226 g/mol. The fourth-order valence-electron chi connectivity index (χ4n) is 3.49. The molecule has 1 saturated heterocycles. The van der Waals surface area contributed by atoms with Crippen LogP contribution in [0, 0.1) is 17.8 Å². The van der Waals surface area contributed by atoms with E-state index in [4.69, 9.17) is 0 Å². The average Bonchev–Trinajstić information content (AvgIpc) is 3.02. The molecule has 2 aliphatic carbocycles. The van der Waals surface area contributed by atoms with E-state index in [2.05, 4.69) is 27.7 Å². The molecule has 3 atom stereocenters. The van der Waals surface area contributed by atoms with Crippen LogP contribution < -0.4 is 10.6 Å². The Labute approximate surface area is 109 Å². The van der Waals surface area contributed by atoms with Crippen LogP contribution in [0.4, 0.5) is 0 Å². The number of allylic oxidation sites excluding steroid dienone is 2. The highest BCUT2D eigenvalue weighted by Gasteiger charge is 2.39. The summed E-state index contributed by atoms with van der Waals surface area (Å²) >= 11 is 0. The Hall–Kier alpha value is -0.870. The Morgan fingerprint density at radius 2 is 2.11 bits per heavy atom. The molecule has 3 unspecified atom stereocenters. The number of nitrogens with one attached hydrogen (secondary N) is 2. The maximum atomic E-state index is 12.1. The lowest BCUT2D eigenvalue weighted by molar-refractivity contribution is -0.125. The first-order valence-electron chi connectivity index (χ1n) is 7.22. The van der Waals surface area contributed by atoms with Gasteiger partial charge in [-0.2, -0.15) is 0 Å². The normalized spacial score (nSPS) is 35.0. The van der Waals surface area contributed by atoms with Gasteiger partial charge in [0.2, 0.25) is 5.91 Å². The average molecular weight is 249 g/mol. The summed E-state index contributed by atoms with van der Waals surface area (Å²) in [4.78, 5) is 14.5. The fraction of sp³-hybridized carbons (Fsp3) is 0.786. The van der Waals surface area contributed by atoms with Gasteiger partial charge in [0.15, 0.2) is 0 Å². The molecule has 0 spiro atoms. The second-order valence-electron chi connectivity index (χ2n) is 5.77. The predicted octanol–water partition coefficient (Wildman–Crippen LogP) is 0.220. The van der Waals surface area contributed by atoms with Crippen LogP contribution in [0.15, 0.2) is 12.2 Å². The van der Waals surface area contributed by atoms with E-state index in [1.165, 1.54) is 6.42 Å². The number of hydrogen-bond acceptors (Lipinski definition) is 3. The van der Waals surface area contributed by atoms with Crippen LogP contribution in [0.3, 0.4) is 0 Å². The van der Waals surface area contributed by atoms with Crippen LogP contribution >= 0.6 is 0 Å². The Morgan fingerprint density at radius 1 is 1.28 bits per heavy atom. The molecule has 3 aliphatic rings. The molecule has 4 heteroatoms. The Bertz CT molecular complexity index is 336. The number of carbonyl (C=O) groups is 1. The molecule has 2 bridgehead atoms. The summed E-state index contributed by atoms with van der Waals surface area (Å²) in [7, 11) is 0. The van der Waals surface area contributed by atoms with Crippen LogP contribution in [0.2, 0.25) is 0 Å². The van der Waals surface area contributed by atoms with E-state index < -0.39 is 0 Å². The number of hydrogen-bond donors (Lipinski definition) is 2. The monoisotopic (exact) mass is 249 g/mol. The smallest absolute Gasteiger partial charge is 0.223 e. The summed E-state index contributed by atoms with van der Waals surface area (Å²) in [5.41, 5.74) is 0. The minimum atomic E-state index is 0.253. The molecule has 1 heterocycles. The van der Waals surface area contributed by atoms with Gasteiger partial charge in [-0.15, -0.1) is 0 Å². The molecule has 0 aromatic carbocycles. The van der Waals surface area contributed by atoms with Gasteiger partial charge in [0.25, 0.3) is 0 Å². The van der Waals surface area contributed by atoms with Crippen molar-refractivity contribution in [2.75, 3.05) is 39.3 Å². The third kappa shape index (κ3) is 2.59. The summed E-state index contributed by atoms with van der Waals surface area (Å²) in [5, 5.41) is 6.46. The first-order chi connectivity index (χ1) is 8.83. The SMILES string of the molecule is O=C(NCCN1CCNCC1)C1CC2C=CC1C2. The summed E-state index contributed by atoms with van der Waals surface area (Å²) < 4.78 is 0. The summed E-state index contributed by atoms with van der Waals surface area (Å²) in [6.07, 6.45) is 6.81. The zero-order valence-electron chi connectivity index (χ0n) is 10.9. The Kier molecular flexibility index (Phi) is 3.66. The van der Waals surface area contributed by atoms with Gasteiger partial charge in [0.1, 0.15) is 0 Å². The number of carbonyl (C=O) groups excluding carboxylic acids is 1. The van der Waals surface area contributed by atoms with Crippen molar-refractivity contribution in [2.24, 2.45) is 17.8 Å². The highest BCUT2D eigenvalue weighted by molar-refractivity contribution is 5.79. The van der Waals surface area contributed by atoms with E-state index in [9.17, 15) is 4.79 Å². The van der Waals surface area contributed by atoms with Gasteiger partial charge < -0.3 is 10.6 Å². The van der Waals surface area contributed by atoms with Crippen LogP contribution in [0.25, 0.3) is 0 Å². The molecule has 100 valence electrons. The van der Waals surface area contributed by atoms with E-state index >= 15 is 0 Å². The maximum Gasteiger partial charge on any atom is 0.223 e. The van der Waals surface area contributed by atoms with E-state index in [-0.39, 0.29) is 11.8 Å². The summed E-state index contributed by atoms with van der Waals surface area (Å²) in [6, 6.07) is 0. The summed E-state index contributed by atoms with van der Waals surface area (Å²) in [5.74, 6) is 1.73. The molecule has 1 aliphatic heterocycles. The van der Waals surface area contributed by atoms with Gasteiger partial charge in [-0.1, -0.05) is 12.2 Å². The molecule has 4 nitrogen and oxygen atoms in total. The third-order valence-corrected chi connectivity index (χ3v) is 4.55. The highest BCUT2D eigenvalue weighted by atomic mass is 16.1. The lowest BCUT2D eigenvalue weighted by atomic mass is 9.93. The molecular formula is C14H23N3O. The Balaban J connectivity index is 1.38. The zero-order chi connectivity index (χ0) is 12.4. The van der Waals surface area contributed by atoms with Crippen molar-refractivity contribution < 1.29 is 4.79 Å². The molecule has 1 saturated carbocycles. The van der Waals surface area contributed by atoms with Crippen molar-refractivity contribution in [1.82, 2.24) is 15.5 Å². The number of fused-ring (bicyclic) bond motifs is 2.